The van der Waals surface area contributed by atoms with Crippen LogP contribution in [0.15, 0.2) is 30.3 Å². The van der Waals surface area contributed by atoms with Crippen LogP contribution in [0.5, 0.6) is 0 Å². The predicted octanol–water partition coefficient (Wildman–Crippen LogP) is 2.70. The van der Waals surface area contributed by atoms with Crippen LogP contribution in [0.1, 0.15) is 32.8 Å². The SMILES string of the molecule is CCOC(C)O[C@@H]1C[C@@](C)(C(=O)O)[N+](Cc2ccccc2)(C(=O)O)C1. The molecule has 1 aromatic carbocycles. The van der Waals surface area contributed by atoms with E-state index in [-0.39, 0.29) is 19.5 Å². The minimum Gasteiger partial charge on any atom is -0.477 e. The first kappa shape index (κ1) is 19.4. The number of ether oxygens (including phenoxy) is 2. The van der Waals surface area contributed by atoms with E-state index in [1.54, 1.807) is 6.92 Å². The summed E-state index contributed by atoms with van der Waals surface area (Å²) in [5, 5.41) is 19.8. The average Bonchev–Trinajstić information content (AvgIpc) is 2.82. The molecule has 25 heavy (non-hydrogen) atoms. The summed E-state index contributed by atoms with van der Waals surface area (Å²) in [6.45, 7) is 5.68. The van der Waals surface area contributed by atoms with E-state index in [9.17, 15) is 19.8 Å². The summed E-state index contributed by atoms with van der Waals surface area (Å²) in [5.74, 6) is -1.14. The number of rotatable bonds is 7. The summed E-state index contributed by atoms with van der Waals surface area (Å²) in [4.78, 5) is 24.3. The van der Waals surface area contributed by atoms with Crippen molar-refractivity contribution in [2.75, 3.05) is 13.2 Å². The number of carbonyl (C=O) groups is 2. The highest BCUT2D eigenvalue weighted by atomic mass is 16.7. The lowest BCUT2D eigenvalue weighted by atomic mass is 9.95. The fraction of sp³-hybridized carbons (Fsp3) is 0.556. The Labute approximate surface area is 147 Å². The molecular weight excluding hydrogens is 326 g/mol. The van der Waals surface area contributed by atoms with Crippen molar-refractivity contribution >= 4 is 12.1 Å². The van der Waals surface area contributed by atoms with Gasteiger partial charge in [0.05, 0.1) is 0 Å². The molecule has 0 bridgehead atoms. The Bertz CT molecular complexity index is 621. The van der Waals surface area contributed by atoms with Crippen molar-refractivity contribution < 1.29 is 33.8 Å². The van der Waals surface area contributed by atoms with Crippen molar-refractivity contribution in [2.45, 2.75) is 51.7 Å². The first-order chi connectivity index (χ1) is 11.7. The van der Waals surface area contributed by atoms with Crippen LogP contribution >= 0.6 is 0 Å². The molecule has 2 unspecified atom stereocenters. The summed E-state index contributed by atoms with van der Waals surface area (Å²) < 4.78 is 10.5. The number of nitrogens with zero attached hydrogens (tertiary/aromatic N) is 1. The van der Waals surface area contributed by atoms with E-state index >= 15 is 0 Å². The molecule has 1 fully saturated rings. The van der Waals surface area contributed by atoms with Crippen LogP contribution in [0.2, 0.25) is 0 Å². The van der Waals surface area contributed by atoms with Crippen LogP contribution in [-0.4, -0.2) is 57.8 Å². The summed E-state index contributed by atoms with van der Waals surface area (Å²) in [6, 6.07) is 9.08. The maximum Gasteiger partial charge on any atom is 0.514 e. The van der Waals surface area contributed by atoms with Crippen molar-refractivity contribution in [3.63, 3.8) is 0 Å². The van der Waals surface area contributed by atoms with E-state index in [0.717, 1.165) is 5.56 Å². The highest BCUT2D eigenvalue weighted by Gasteiger charge is 2.66. The lowest BCUT2D eigenvalue weighted by Crippen LogP contribution is -2.65. The van der Waals surface area contributed by atoms with Crippen LogP contribution in [0.3, 0.4) is 0 Å². The number of amides is 1. The molecule has 0 aliphatic carbocycles. The second-order valence-corrected chi connectivity index (χ2v) is 6.64. The van der Waals surface area contributed by atoms with Gasteiger partial charge in [0, 0.05) is 25.5 Å². The molecule has 7 heteroatoms. The van der Waals surface area contributed by atoms with Gasteiger partial charge in [-0.15, -0.1) is 0 Å². The third-order valence-corrected chi connectivity index (χ3v) is 4.99. The van der Waals surface area contributed by atoms with E-state index in [4.69, 9.17) is 9.47 Å². The van der Waals surface area contributed by atoms with Gasteiger partial charge in [-0.2, -0.15) is 4.79 Å². The first-order valence-corrected chi connectivity index (χ1v) is 8.40. The normalized spacial score (nSPS) is 30.1. The number of benzene rings is 1. The Balaban J connectivity index is 2.36. The Morgan fingerprint density at radius 2 is 1.96 bits per heavy atom. The molecule has 2 N–H and O–H groups in total. The van der Waals surface area contributed by atoms with E-state index in [1.807, 2.05) is 37.3 Å². The van der Waals surface area contributed by atoms with Crippen molar-refractivity contribution in [1.29, 1.82) is 0 Å². The quantitative estimate of drug-likeness (QED) is 0.579. The number of carboxylic acids is 1. The van der Waals surface area contributed by atoms with Crippen LogP contribution in [0, 0.1) is 0 Å². The van der Waals surface area contributed by atoms with Crippen molar-refractivity contribution in [2.24, 2.45) is 0 Å². The number of likely N-dealkylation sites (tertiary alicyclic amines) is 1. The second-order valence-electron chi connectivity index (χ2n) is 6.64. The van der Waals surface area contributed by atoms with E-state index in [0.29, 0.717) is 6.61 Å². The fourth-order valence-corrected chi connectivity index (χ4v) is 3.63. The molecule has 138 valence electrons. The Morgan fingerprint density at radius 1 is 1.32 bits per heavy atom. The summed E-state index contributed by atoms with van der Waals surface area (Å²) in [5.41, 5.74) is -0.714. The molecule has 1 aliphatic rings. The van der Waals surface area contributed by atoms with Gasteiger partial charge in [0.1, 0.15) is 19.2 Å². The van der Waals surface area contributed by atoms with E-state index in [2.05, 4.69) is 0 Å². The molecule has 1 saturated heterocycles. The predicted molar refractivity (Wildman–Crippen MR) is 89.9 cm³/mol. The molecular formula is C18H26NO6+. The smallest absolute Gasteiger partial charge is 0.477 e. The maximum atomic E-state index is 12.2. The summed E-state index contributed by atoms with van der Waals surface area (Å²) in [6.07, 6.45) is -2.08. The van der Waals surface area contributed by atoms with Gasteiger partial charge in [0.15, 0.2) is 6.29 Å². The lowest BCUT2D eigenvalue weighted by Gasteiger charge is -2.38. The lowest BCUT2D eigenvalue weighted by molar-refractivity contribution is -0.898. The molecule has 1 aliphatic heterocycles. The Hall–Kier alpha value is -1.96. The molecule has 2 rings (SSSR count). The van der Waals surface area contributed by atoms with E-state index in [1.165, 1.54) is 6.92 Å². The Morgan fingerprint density at radius 3 is 2.48 bits per heavy atom. The number of aliphatic carboxylic acids is 1. The molecule has 0 radical (unpaired) electrons. The van der Waals surface area contributed by atoms with Gasteiger partial charge < -0.3 is 19.7 Å². The Kier molecular flexibility index (Phi) is 5.82. The molecule has 0 aromatic heterocycles. The zero-order valence-electron chi connectivity index (χ0n) is 14.8. The van der Waals surface area contributed by atoms with Crippen molar-refractivity contribution in [3.8, 4) is 0 Å². The third kappa shape index (κ3) is 3.68. The topological polar surface area (TPSA) is 93.1 Å². The monoisotopic (exact) mass is 352 g/mol. The van der Waals surface area contributed by atoms with Crippen molar-refractivity contribution in [3.05, 3.63) is 35.9 Å². The standard InChI is InChI=1S/C18H25NO6/c1-4-24-13(2)25-15-10-18(3,16(20)21)19(12-15,17(22)23)11-14-8-6-5-7-9-14/h5-9,13,15H,4,10-12H2,1-3H3,(H-,20,21,22,23)/p+1/t13?,15-,18+,19?/m1/s1. The molecule has 7 nitrogen and oxygen atoms in total. The summed E-state index contributed by atoms with van der Waals surface area (Å²) >= 11 is 0. The zero-order chi connectivity index (χ0) is 18.7. The van der Waals surface area contributed by atoms with Gasteiger partial charge >= 0.3 is 12.1 Å². The fourth-order valence-electron chi connectivity index (χ4n) is 3.63. The maximum absolute atomic E-state index is 12.2. The number of carboxylic acid groups (broad SMARTS) is 2. The van der Waals surface area contributed by atoms with Crippen molar-refractivity contribution in [1.82, 2.24) is 0 Å². The van der Waals surface area contributed by atoms with Gasteiger partial charge in [0.2, 0.25) is 5.54 Å². The van der Waals surface area contributed by atoms with Crippen LogP contribution in [0.4, 0.5) is 4.79 Å². The first-order valence-electron chi connectivity index (χ1n) is 8.40. The molecule has 1 amide bonds. The number of quaternary nitrogens is 1. The second kappa shape index (κ2) is 7.51. The summed E-state index contributed by atoms with van der Waals surface area (Å²) in [7, 11) is 0. The van der Waals surface area contributed by atoms with Gasteiger partial charge in [-0.25, -0.2) is 9.28 Å². The van der Waals surface area contributed by atoms with Crippen LogP contribution < -0.4 is 0 Å². The highest BCUT2D eigenvalue weighted by molar-refractivity contribution is 5.80. The van der Waals surface area contributed by atoms with E-state index < -0.39 is 34.5 Å². The molecule has 4 atom stereocenters. The third-order valence-electron chi connectivity index (χ3n) is 4.99. The highest BCUT2D eigenvalue weighted by Crippen LogP contribution is 2.41. The zero-order valence-corrected chi connectivity index (χ0v) is 14.8. The van der Waals surface area contributed by atoms with Crippen LogP contribution in [0.25, 0.3) is 0 Å². The number of hydrogen-bond acceptors (Lipinski definition) is 4. The van der Waals surface area contributed by atoms with Gasteiger partial charge in [-0.1, -0.05) is 30.3 Å². The molecule has 1 aromatic rings. The van der Waals surface area contributed by atoms with Gasteiger partial charge in [-0.05, 0) is 13.8 Å². The molecule has 0 spiro atoms. The average molecular weight is 352 g/mol. The largest absolute Gasteiger partial charge is 0.514 e. The van der Waals surface area contributed by atoms with Crippen LogP contribution in [-0.2, 0) is 20.8 Å². The molecule has 1 heterocycles. The molecule has 0 saturated carbocycles. The van der Waals surface area contributed by atoms with Gasteiger partial charge in [0.25, 0.3) is 0 Å². The number of hydrogen-bond donors (Lipinski definition) is 2. The van der Waals surface area contributed by atoms with Gasteiger partial charge in [-0.3, -0.25) is 0 Å². The minimum atomic E-state index is -1.49. The minimum absolute atomic E-state index is 0.0739.